The monoisotopic (exact) mass is 270 g/mol. The first-order valence-corrected chi connectivity index (χ1v) is 6.47. The van der Waals surface area contributed by atoms with Crippen molar-refractivity contribution in [3.05, 3.63) is 65.4 Å². The van der Waals surface area contributed by atoms with E-state index in [9.17, 15) is 4.39 Å². The van der Waals surface area contributed by atoms with Crippen molar-refractivity contribution in [2.24, 2.45) is 0 Å². The first kappa shape index (κ1) is 12.8. The highest BCUT2D eigenvalue weighted by Crippen LogP contribution is 2.28. The first-order chi connectivity index (χ1) is 9.69. The molecule has 1 unspecified atom stereocenters. The third-order valence-corrected chi connectivity index (χ3v) is 3.39. The second-order valence-electron chi connectivity index (χ2n) is 4.76. The lowest BCUT2D eigenvalue weighted by Crippen LogP contribution is -2.19. The van der Waals surface area contributed by atoms with Gasteiger partial charge >= 0.3 is 0 Å². The van der Waals surface area contributed by atoms with Crippen LogP contribution in [0.4, 0.5) is 4.39 Å². The summed E-state index contributed by atoms with van der Waals surface area (Å²) in [4.78, 5) is 4.42. The van der Waals surface area contributed by atoms with Gasteiger partial charge in [-0.2, -0.15) is 0 Å². The Kier molecular flexibility index (Phi) is 3.24. The van der Waals surface area contributed by atoms with E-state index in [-0.39, 0.29) is 11.9 Å². The number of hydrogen-bond donors (Lipinski definition) is 1. The lowest BCUT2D eigenvalue weighted by Gasteiger charge is -2.14. The van der Waals surface area contributed by atoms with E-state index in [2.05, 4.69) is 10.3 Å². The van der Waals surface area contributed by atoms with E-state index in [1.807, 2.05) is 32.2 Å². The van der Waals surface area contributed by atoms with E-state index in [4.69, 9.17) is 4.42 Å². The molecule has 0 aliphatic heterocycles. The number of pyridine rings is 1. The molecule has 102 valence electrons. The Morgan fingerprint density at radius 2 is 2.10 bits per heavy atom. The standard InChI is InChI=1S/C16H15FN2O/c1-10-4-3-7-19-15(10)16(18-2)14-9-11-8-12(17)5-6-13(11)20-14/h3-9,16,18H,1-2H3. The molecule has 0 bridgehead atoms. The van der Waals surface area contributed by atoms with Crippen LogP contribution in [-0.2, 0) is 0 Å². The summed E-state index contributed by atoms with van der Waals surface area (Å²) >= 11 is 0. The van der Waals surface area contributed by atoms with Crippen LogP contribution in [0.15, 0.2) is 47.0 Å². The molecule has 0 aliphatic carbocycles. The molecular weight excluding hydrogens is 255 g/mol. The van der Waals surface area contributed by atoms with Crippen LogP contribution in [0.3, 0.4) is 0 Å². The molecule has 1 atom stereocenters. The van der Waals surface area contributed by atoms with Gasteiger partial charge in [0.05, 0.1) is 5.69 Å². The van der Waals surface area contributed by atoms with Crippen molar-refractivity contribution in [2.75, 3.05) is 7.05 Å². The summed E-state index contributed by atoms with van der Waals surface area (Å²) < 4.78 is 19.1. The Bertz CT molecular complexity index is 751. The minimum absolute atomic E-state index is 0.147. The number of halogens is 1. The predicted molar refractivity (Wildman–Crippen MR) is 76.0 cm³/mol. The van der Waals surface area contributed by atoms with E-state index in [1.165, 1.54) is 12.1 Å². The zero-order chi connectivity index (χ0) is 14.1. The summed E-state index contributed by atoms with van der Waals surface area (Å²) in [7, 11) is 1.85. The minimum Gasteiger partial charge on any atom is -0.459 e. The largest absolute Gasteiger partial charge is 0.459 e. The minimum atomic E-state index is -0.264. The first-order valence-electron chi connectivity index (χ1n) is 6.47. The van der Waals surface area contributed by atoms with E-state index < -0.39 is 0 Å². The van der Waals surface area contributed by atoms with Crippen molar-refractivity contribution in [1.82, 2.24) is 10.3 Å². The van der Waals surface area contributed by atoms with Crippen LogP contribution >= 0.6 is 0 Å². The molecule has 2 heterocycles. The highest BCUT2D eigenvalue weighted by molar-refractivity contribution is 5.78. The topological polar surface area (TPSA) is 38.1 Å². The molecule has 3 nitrogen and oxygen atoms in total. The van der Waals surface area contributed by atoms with Crippen molar-refractivity contribution >= 4 is 11.0 Å². The number of furan rings is 1. The van der Waals surface area contributed by atoms with Crippen LogP contribution in [0.1, 0.15) is 23.1 Å². The summed E-state index contributed by atoms with van der Waals surface area (Å²) in [5.41, 5.74) is 2.67. The van der Waals surface area contributed by atoms with Gasteiger partial charge in [-0.15, -0.1) is 0 Å². The number of hydrogen-bond acceptors (Lipinski definition) is 3. The van der Waals surface area contributed by atoms with Crippen molar-refractivity contribution in [2.45, 2.75) is 13.0 Å². The molecule has 2 aromatic heterocycles. The second kappa shape index (κ2) is 5.06. The van der Waals surface area contributed by atoms with Gasteiger partial charge in [-0.25, -0.2) is 4.39 Å². The molecule has 0 amide bonds. The number of rotatable bonds is 3. The number of aromatic nitrogens is 1. The van der Waals surface area contributed by atoms with Gasteiger partial charge in [-0.3, -0.25) is 4.98 Å². The highest BCUT2D eigenvalue weighted by atomic mass is 19.1. The van der Waals surface area contributed by atoms with Crippen LogP contribution in [0.2, 0.25) is 0 Å². The molecule has 0 fully saturated rings. The number of nitrogens with zero attached hydrogens (tertiary/aromatic N) is 1. The molecular formula is C16H15FN2O. The van der Waals surface area contributed by atoms with Gasteiger partial charge in [-0.05, 0) is 49.9 Å². The Labute approximate surface area is 116 Å². The van der Waals surface area contributed by atoms with Crippen LogP contribution in [0.5, 0.6) is 0 Å². The molecule has 3 aromatic rings. The molecule has 3 rings (SSSR count). The molecule has 20 heavy (non-hydrogen) atoms. The smallest absolute Gasteiger partial charge is 0.134 e. The zero-order valence-electron chi connectivity index (χ0n) is 11.4. The molecule has 0 aliphatic rings. The lowest BCUT2D eigenvalue weighted by atomic mass is 10.1. The quantitative estimate of drug-likeness (QED) is 0.790. The van der Waals surface area contributed by atoms with Crippen LogP contribution in [0, 0.1) is 12.7 Å². The predicted octanol–water partition coefficient (Wildman–Crippen LogP) is 3.58. The van der Waals surface area contributed by atoms with Gasteiger partial charge in [-0.1, -0.05) is 6.07 Å². The van der Waals surface area contributed by atoms with E-state index >= 15 is 0 Å². The molecule has 1 N–H and O–H groups in total. The number of nitrogens with one attached hydrogen (secondary N) is 1. The molecule has 0 saturated carbocycles. The van der Waals surface area contributed by atoms with Crippen LogP contribution in [0.25, 0.3) is 11.0 Å². The third-order valence-electron chi connectivity index (χ3n) is 3.39. The fourth-order valence-electron chi connectivity index (χ4n) is 2.39. The summed E-state index contributed by atoms with van der Waals surface area (Å²) in [5.74, 6) is 0.467. The normalized spacial score (nSPS) is 12.8. The third kappa shape index (κ3) is 2.18. The Morgan fingerprint density at radius 1 is 1.25 bits per heavy atom. The van der Waals surface area contributed by atoms with Gasteiger partial charge in [0.2, 0.25) is 0 Å². The molecule has 0 spiro atoms. The van der Waals surface area contributed by atoms with Crippen molar-refractivity contribution in [3.8, 4) is 0 Å². The summed E-state index contributed by atoms with van der Waals surface area (Å²) in [6, 6.07) is 10.1. The van der Waals surface area contributed by atoms with Crippen LogP contribution < -0.4 is 5.32 Å². The number of aryl methyl sites for hydroxylation is 1. The van der Waals surface area contributed by atoms with E-state index in [0.29, 0.717) is 5.58 Å². The van der Waals surface area contributed by atoms with E-state index in [1.54, 1.807) is 12.3 Å². The van der Waals surface area contributed by atoms with Crippen molar-refractivity contribution in [1.29, 1.82) is 0 Å². The van der Waals surface area contributed by atoms with Crippen LogP contribution in [-0.4, -0.2) is 12.0 Å². The number of benzene rings is 1. The maximum Gasteiger partial charge on any atom is 0.134 e. The van der Waals surface area contributed by atoms with Gasteiger partial charge in [0, 0.05) is 11.6 Å². The number of fused-ring (bicyclic) bond motifs is 1. The molecule has 0 radical (unpaired) electrons. The van der Waals surface area contributed by atoms with Gasteiger partial charge in [0.1, 0.15) is 23.2 Å². The Balaban J connectivity index is 2.10. The van der Waals surface area contributed by atoms with Crippen molar-refractivity contribution < 1.29 is 8.81 Å². The highest BCUT2D eigenvalue weighted by Gasteiger charge is 2.19. The summed E-state index contributed by atoms with van der Waals surface area (Å²) in [6.45, 7) is 2.01. The Hall–Kier alpha value is -2.20. The average molecular weight is 270 g/mol. The Morgan fingerprint density at radius 3 is 2.85 bits per heavy atom. The van der Waals surface area contributed by atoms with Gasteiger partial charge in [0.15, 0.2) is 0 Å². The van der Waals surface area contributed by atoms with Gasteiger partial charge < -0.3 is 9.73 Å². The fraction of sp³-hybridized carbons (Fsp3) is 0.188. The van der Waals surface area contributed by atoms with Gasteiger partial charge in [0.25, 0.3) is 0 Å². The zero-order valence-corrected chi connectivity index (χ0v) is 11.4. The van der Waals surface area contributed by atoms with Crippen molar-refractivity contribution in [3.63, 3.8) is 0 Å². The fourth-order valence-corrected chi connectivity index (χ4v) is 2.39. The maximum absolute atomic E-state index is 13.2. The second-order valence-corrected chi connectivity index (χ2v) is 4.76. The molecule has 1 aromatic carbocycles. The maximum atomic E-state index is 13.2. The lowest BCUT2D eigenvalue weighted by molar-refractivity contribution is 0.484. The summed E-state index contributed by atoms with van der Waals surface area (Å²) in [6.07, 6.45) is 1.76. The SMILES string of the molecule is CNC(c1cc2cc(F)ccc2o1)c1ncccc1C. The molecule has 0 saturated heterocycles. The molecule has 4 heteroatoms. The van der Waals surface area contributed by atoms with E-state index in [0.717, 1.165) is 22.4 Å². The summed E-state index contributed by atoms with van der Waals surface area (Å²) in [5, 5.41) is 3.96. The average Bonchev–Trinajstić information content (AvgIpc) is 2.84.